The molecule has 0 bridgehead atoms. The number of hydrogen-bond donors (Lipinski definition) is 1. The molecule has 2 saturated heterocycles. The van der Waals surface area contributed by atoms with Crippen LogP contribution in [0.2, 0.25) is 5.02 Å². The maximum atomic E-state index is 12.7. The number of likely N-dealkylation sites (tertiary alicyclic amines) is 1. The smallest absolute Gasteiger partial charge is 0.270 e. The van der Waals surface area contributed by atoms with Crippen molar-refractivity contribution in [3.05, 3.63) is 23.0 Å². The second-order valence-corrected chi connectivity index (χ2v) is 6.65. The Balaban J connectivity index is 1.79. The molecule has 0 aromatic carbocycles. The van der Waals surface area contributed by atoms with Gasteiger partial charge in [0.05, 0.1) is 5.02 Å². The van der Waals surface area contributed by atoms with Crippen molar-refractivity contribution < 1.29 is 4.79 Å². The van der Waals surface area contributed by atoms with Gasteiger partial charge in [-0.05, 0) is 45.2 Å². The van der Waals surface area contributed by atoms with Gasteiger partial charge in [0, 0.05) is 31.4 Å². The summed E-state index contributed by atoms with van der Waals surface area (Å²) in [5, 5.41) is 4.17. The van der Waals surface area contributed by atoms with E-state index in [1.807, 2.05) is 15.7 Å². The lowest BCUT2D eigenvalue weighted by Gasteiger charge is -2.24. The van der Waals surface area contributed by atoms with Crippen LogP contribution in [0, 0.1) is 5.92 Å². The highest BCUT2D eigenvalue weighted by Gasteiger charge is 2.37. The number of halogens is 1. The lowest BCUT2D eigenvalue weighted by molar-refractivity contribution is 0.0773. The Morgan fingerprint density at radius 3 is 2.95 bits per heavy atom. The number of nitrogens with zero attached hydrogens (tertiary/aromatic N) is 2. The zero-order valence-corrected chi connectivity index (χ0v) is 12.9. The molecule has 1 aromatic heterocycles. The van der Waals surface area contributed by atoms with Crippen LogP contribution in [-0.2, 0) is 0 Å². The molecule has 0 spiro atoms. The highest BCUT2D eigenvalue weighted by molar-refractivity contribution is 6.31. The first-order valence-electron chi connectivity index (χ1n) is 7.46. The fraction of sp³-hybridized carbons (Fsp3) is 0.667. The molecule has 1 aromatic rings. The van der Waals surface area contributed by atoms with E-state index in [-0.39, 0.29) is 11.9 Å². The van der Waals surface area contributed by atoms with Crippen LogP contribution < -0.4 is 5.32 Å². The maximum absolute atomic E-state index is 12.7. The third-order valence-corrected chi connectivity index (χ3v) is 4.68. The van der Waals surface area contributed by atoms with E-state index >= 15 is 0 Å². The molecule has 1 N–H and O–H groups in total. The number of fused-ring (bicyclic) bond motifs is 1. The van der Waals surface area contributed by atoms with Crippen molar-refractivity contribution in [1.82, 2.24) is 14.8 Å². The number of piperidine rings is 1. The quantitative estimate of drug-likeness (QED) is 0.910. The Morgan fingerprint density at radius 2 is 2.25 bits per heavy atom. The van der Waals surface area contributed by atoms with Crippen molar-refractivity contribution in [3.63, 3.8) is 0 Å². The van der Waals surface area contributed by atoms with Crippen LogP contribution in [0.4, 0.5) is 0 Å². The second-order valence-electron chi connectivity index (χ2n) is 6.22. The van der Waals surface area contributed by atoms with Gasteiger partial charge in [-0.25, -0.2) is 0 Å². The zero-order valence-electron chi connectivity index (χ0n) is 12.1. The molecular formula is C15H22ClN3O. The first kappa shape index (κ1) is 14.0. The zero-order chi connectivity index (χ0) is 14.3. The van der Waals surface area contributed by atoms with Crippen molar-refractivity contribution in [3.8, 4) is 0 Å². The minimum atomic E-state index is 0.113. The highest BCUT2D eigenvalue weighted by atomic mass is 35.5. The molecule has 0 aliphatic carbocycles. The normalized spacial score (nSPS) is 26.1. The summed E-state index contributed by atoms with van der Waals surface area (Å²) in [6, 6.07) is 2.51. The van der Waals surface area contributed by atoms with Crippen LogP contribution in [0.5, 0.6) is 0 Å². The van der Waals surface area contributed by atoms with E-state index in [4.69, 9.17) is 11.6 Å². The van der Waals surface area contributed by atoms with Gasteiger partial charge in [-0.2, -0.15) is 0 Å². The molecule has 5 heteroatoms. The Kier molecular flexibility index (Phi) is 3.78. The van der Waals surface area contributed by atoms with Gasteiger partial charge in [-0.1, -0.05) is 11.6 Å². The summed E-state index contributed by atoms with van der Waals surface area (Å²) in [5.74, 6) is 0.729. The average molecular weight is 296 g/mol. The molecule has 2 atom stereocenters. The van der Waals surface area contributed by atoms with E-state index in [0.717, 1.165) is 19.6 Å². The van der Waals surface area contributed by atoms with Crippen molar-refractivity contribution in [2.75, 3.05) is 19.6 Å². The minimum Gasteiger partial charge on any atom is -0.339 e. The van der Waals surface area contributed by atoms with Gasteiger partial charge in [-0.3, -0.25) is 4.79 Å². The number of carbonyl (C=O) groups is 1. The number of aromatic nitrogens is 1. The van der Waals surface area contributed by atoms with Crippen molar-refractivity contribution in [2.45, 2.75) is 38.8 Å². The van der Waals surface area contributed by atoms with Crippen LogP contribution in [0.25, 0.3) is 0 Å². The molecule has 1 amide bonds. The summed E-state index contributed by atoms with van der Waals surface area (Å²) < 4.78 is 1.97. The topological polar surface area (TPSA) is 37.3 Å². The second kappa shape index (κ2) is 5.41. The fourth-order valence-corrected chi connectivity index (χ4v) is 3.63. The first-order valence-corrected chi connectivity index (χ1v) is 7.84. The van der Waals surface area contributed by atoms with E-state index in [1.165, 1.54) is 12.8 Å². The maximum Gasteiger partial charge on any atom is 0.270 e. The summed E-state index contributed by atoms with van der Waals surface area (Å²) in [4.78, 5) is 14.7. The highest BCUT2D eigenvalue weighted by Crippen LogP contribution is 2.27. The van der Waals surface area contributed by atoms with E-state index in [1.54, 1.807) is 6.07 Å². The largest absolute Gasteiger partial charge is 0.339 e. The molecular weight excluding hydrogens is 274 g/mol. The van der Waals surface area contributed by atoms with E-state index in [0.29, 0.717) is 22.7 Å². The van der Waals surface area contributed by atoms with Gasteiger partial charge in [0.15, 0.2) is 0 Å². The van der Waals surface area contributed by atoms with Crippen LogP contribution in [0.3, 0.4) is 0 Å². The molecule has 2 aliphatic rings. The molecule has 0 unspecified atom stereocenters. The van der Waals surface area contributed by atoms with E-state index < -0.39 is 0 Å². The van der Waals surface area contributed by atoms with Crippen LogP contribution in [-0.4, -0.2) is 41.1 Å². The Bertz CT molecular complexity index is 497. The minimum absolute atomic E-state index is 0.113. The van der Waals surface area contributed by atoms with Gasteiger partial charge in [0.25, 0.3) is 5.91 Å². The molecule has 2 fully saturated rings. The molecule has 20 heavy (non-hydrogen) atoms. The number of rotatable bonds is 2. The Hall–Kier alpha value is -1.00. The lowest BCUT2D eigenvalue weighted by Crippen LogP contribution is -2.41. The molecule has 0 saturated carbocycles. The molecule has 4 nitrogen and oxygen atoms in total. The lowest BCUT2D eigenvalue weighted by atomic mass is 9.94. The fourth-order valence-electron chi connectivity index (χ4n) is 3.42. The van der Waals surface area contributed by atoms with Gasteiger partial charge in [-0.15, -0.1) is 0 Å². The van der Waals surface area contributed by atoms with Crippen LogP contribution in [0.1, 0.15) is 43.2 Å². The summed E-state index contributed by atoms with van der Waals surface area (Å²) in [5.41, 5.74) is 0.712. The molecule has 3 heterocycles. The van der Waals surface area contributed by atoms with Crippen LogP contribution >= 0.6 is 11.6 Å². The van der Waals surface area contributed by atoms with E-state index in [2.05, 4.69) is 19.2 Å². The molecule has 3 rings (SSSR count). The van der Waals surface area contributed by atoms with Gasteiger partial charge in [0.1, 0.15) is 5.69 Å². The SMILES string of the molecule is CC(C)n1cc(Cl)cc1C(=O)N1C[C@@H]2CCCN[C@@H]2C1. The van der Waals surface area contributed by atoms with Gasteiger partial charge < -0.3 is 14.8 Å². The average Bonchev–Trinajstić information content (AvgIpc) is 3.01. The van der Waals surface area contributed by atoms with Gasteiger partial charge >= 0.3 is 0 Å². The van der Waals surface area contributed by atoms with Crippen molar-refractivity contribution >= 4 is 17.5 Å². The first-order chi connectivity index (χ1) is 9.56. The number of amides is 1. The molecule has 110 valence electrons. The van der Waals surface area contributed by atoms with Crippen molar-refractivity contribution in [1.29, 1.82) is 0 Å². The molecule has 2 aliphatic heterocycles. The Morgan fingerprint density at radius 1 is 1.45 bits per heavy atom. The summed E-state index contributed by atoms with van der Waals surface area (Å²) >= 11 is 6.08. The summed E-state index contributed by atoms with van der Waals surface area (Å²) in [7, 11) is 0. The standard InChI is InChI=1S/C15H22ClN3O/c1-10(2)19-8-12(16)6-14(19)15(20)18-7-11-4-3-5-17-13(11)9-18/h6,8,10-11,13,17H,3-5,7,9H2,1-2H3/t11-,13+/m0/s1. The number of hydrogen-bond acceptors (Lipinski definition) is 2. The summed E-state index contributed by atoms with van der Waals surface area (Å²) in [6.07, 6.45) is 4.30. The predicted molar refractivity (Wildman–Crippen MR) is 80.2 cm³/mol. The third-order valence-electron chi connectivity index (χ3n) is 4.48. The van der Waals surface area contributed by atoms with Gasteiger partial charge in [0.2, 0.25) is 0 Å². The number of nitrogens with one attached hydrogen (secondary N) is 1. The summed E-state index contributed by atoms with van der Waals surface area (Å²) in [6.45, 7) is 6.91. The van der Waals surface area contributed by atoms with E-state index in [9.17, 15) is 4.79 Å². The third kappa shape index (κ3) is 2.47. The molecule has 0 radical (unpaired) electrons. The van der Waals surface area contributed by atoms with Crippen molar-refractivity contribution in [2.24, 2.45) is 5.92 Å². The monoisotopic (exact) mass is 295 g/mol. The van der Waals surface area contributed by atoms with Crippen LogP contribution in [0.15, 0.2) is 12.3 Å². The number of carbonyl (C=O) groups excluding carboxylic acids is 1. The predicted octanol–water partition coefficient (Wildman–Crippen LogP) is 2.55. The Labute approximate surface area is 125 Å².